The zero-order chi connectivity index (χ0) is 20.0. The van der Waals surface area contributed by atoms with Crippen molar-refractivity contribution in [3.05, 3.63) is 71.3 Å². The quantitative estimate of drug-likeness (QED) is 0.776. The highest BCUT2D eigenvalue weighted by molar-refractivity contribution is 5.85. The van der Waals surface area contributed by atoms with Crippen LogP contribution in [-0.4, -0.2) is 41.9 Å². The first-order valence-corrected chi connectivity index (χ1v) is 9.83. The van der Waals surface area contributed by atoms with E-state index in [1.165, 1.54) is 11.1 Å². The van der Waals surface area contributed by atoms with Gasteiger partial charge in [0.25, 0.3) is 0 Å². The Morgan fingerprint density at radius 2 is 1.61 bits per heavy atom. The van der Waals surface area contributed by atoms with Gasteiger partial charge >= 0.3 is 0 Å². The minimum absolute atomic E-state index is 0.00454. The van der Waals surface area contributed by atoms with Gasteiger partial charge in [-0.1, -0.05) is 54.6 Å². The molecule has 0 saturated carbocycles. The largest absolute Gasteiger partial charge is 0.353 e. The Hall–Kier alpha value is -2.66. The summed E-state index contributed by atoms with van der Waals surface area (Å²) in [5.41, 5.74) is 3.56. The first-order chi connectivity index (χ1) is 13.4. The molecule has 1 aliphatic rings. The molecule has 0 saturated heterocycles. The Balaban J connectivity index is 1.43. The van der Waals surface area contributed by atoms with Crippen LogP contribution >= 0.6 is 0 Å². The van der Waals surface area contributed by atoms with Crippen molar-refractivity contribution >= 4 is 11.8 Å². The van der Waals surface area contributed by atoms with E-state index in [4.69, 9.17) is 0 Å². The number of benzene rings is 2. The molecular weight excluding hydrogens is 350 g/mol. The van der Waals surface area contributed by atoms with Gasteiger partial charge in [-0.2, -0.15) is 0 Å². The van der Waals surface area contributed by atoms with Crippen LogP contribution < -0.4 is 10.6 Å². The number of hydrogen-bond acceptors (Lipinski definition) is 3. The van der Waals surface area contributed by atoms with Gasteiger partial charge in [-0.3, -0.25) is 14.5 Å². The lowest BCUT2D eigenvalue weighted by atomic mass is 9.94. The number of carbonyl (C=O) groups is 2. The van der Waals surface area contributed by atoms with E-state index in [2.05, 4.69) is 53.6 Å². The van der Waals surface area contributed by atoms with Crippen molar-refractivity contribution in [3.8, 4) is 0 Å². The normalized spacial score (nSPS) is 14.2. The number of fused-ring (bicyclic) bond motifs is 1. The van der Waals surface area contributed by atoms with Gasteiger partial charge in [0.1, 0.15) is 0 Å². The van der Waals surface area contributed by atoms with E-state index in [9.17, 15) is 9.59 Å². The highest BCUT2D eigenvalue weighted by Gasteiger charge is 2.30. The summed E-state index contributed by atoms with van der Waals surface area (Å²) in [5, 5.41) is 5.66. The second kappa shape index (κ2) is 9.02. The van der Waals surface area contributed by atoms with E-state index >= 15 is 0 Å². The van der Waals surface area contributed by atoms with Crippen molar-refractivity contribution in [1.29, 1.82) is 0 Å². The zero-order valence-electron chi connectivity index (χ0n) is 16.7. The summed E-state index contributed by atoms with van der Waals surface area (Å²) in [6, 6.07) is 18.1. The zero-order valence-corrected chi connectivity index (χ0v) is 16.7. The number of carbonyl (C=O) groups excluding carboxylic acids is 2. The fourth-order valence-corrected chi connectivity index (χ4v) is 3.52. The van der Waals surface area contributed by atoms with Gasteiger partial charge in [0.05, 0.1) is 13.0 Å². The van der Waals surface area contributed by atoms with Crippen molar-refractivity contribution in [1.82, 2.24) is 15.5 Å². The Morgan fingerprint density at radius 3 is 2.36 bits per heavy atom. The molecule has 5 nitrogen and oxygen atoms in total. The molecule has 0 bridgehead atoms. The molecule has 2 N–H and O–H groups in total. The van der Waals surface area contributed by atoms with Crippen LogP contribution in [0.1, 0.15) is 30.5 Å². The topological polar surface area (TPSA) is 61.4 Å². The lowest BCUT2D eigenvalue weighted by molar-refractivity contribution is -0.126. The number of rotatable bonds is 7. The van der Waals surface area contributed by atoms with Gasteiger partial charge in [-0.25, -0.2) is 0 Å². The molecule has 148 valence electrons. The molecule has 2 aromatic carbocycles. The van der Waals surface area contributed by atoms with Crippen molar-refractivity contribution in [2.24, 2.45) is 0 Å². The number of hydrogen-bond donors (Lipinski definition) is 2. The third kappa shape index (κ3) is 5.42. The minimum atomic E-state index is -0.160. The number of nitrogens with zero attached hydrogens (tertiary/aromatic N) is 1. The first-order valence-electron chi connectivity index (χ1n) is 9.83. The van der Waals surface area contributed by atoms with E-state index in [-0.39, 0.29) is 30.3 Å². The van der Waals surface area contributed by atoms with Crippen LogP contribution in [0, 0.1) is 0 Å². The highest BCUT2D eigenvalue weighted by atomic mass is 16.2. The molecule has 3 rings (SSSR count). The summed E-state index contributed by atoms with van der Waals surface area (Å²) in [7, 11) is 0. The molecule has 0 aromatic heterocycles. The maximum atomic E-state index is 12.2. The summed E-state index contributed by atoms with van der Waals surface area (Å²) in [5.74, 6) is -0.305. The number of amides is 2. The monoisotopic (exact) mass is 379 g/mol. The molecule has 0 radical (unpaired) electrons. The van der Waals surface area contributed by atoms with Crippen LogP contribution in [-0.2, 0) is 29.0 Å². The van der Waals surface area contributed by atoms with E-state index in [0.717, 1.165) is 25.1 Å². The molecule has 0 aliphatic carbocycles. The van der Waals surface area contributed by atoms with E-state index in [0.29, 0.717) is 6.54 Å². The second-order valence-corrected chi connectivity index (χ2v) is 7.97. The SMILES string of the molecule is CC(C)(CNC(=O)CNC(=O)Cc1ccccc1)N1CCc2ccccc2C1. The van der Waals surface area contributed by atoms with Crippen molar-refractivity contribution in [2.75, 3.05) is 19.6 Å². The molecule has 2 aromatic rings. The smallest absolute Gasteiger partial charge is 0.239 e. The molecule has 28 heavy (non-hydrogen) atoms. The van der Waals surface area contributed by atoms with Crippen LogP contribution in [0.5, 0.6) is 0 Å². The van der Waals surface area contributed by atoms with Crippen LogP contribution in [0.15, 0.2) is 54.6 Å². The maximum absolute atomic E-state index is 12.2. The standard InChI is InChI=1S/C23H29N3O2/c1-23(2,26-13-12-19-10-6-7-11-20(19)16-26)17-25-22(28)15-24-21(27)14-18-8-4-3-5-9-18/h3-11H,12-17H2,1-2H3,(H,24,27)(H,25,28). The number of nitrogens with one attached hydrogen (secondary N) is 2. The fourth-order valence-electron chi connectivity index (χ4n) is 3.52. The third-order valence-corrected chi connectivity index (χ3v) is 5.36. The van der Waals surface area contributed by atoms with Crippen molar-refractivity contribution < 1.29 is 9.59 Å². The van der Waals surface area contributed by atoms with Crippen LogP contribution in [0.25, 0.3) is 0 Å². The van der Waals surface area contributed by atoms with E-state index in [1.54, 1.807) is 0 Å². The Kier molecular flexibility index (Phi) is 6.47. The highest BCUT2D eigenvalue weighted by Crippen LogP contribution is 2.24. The Bertz CT molecular complexity index is 818. The average molecular weight is 380 g/mol. The molecule has 0 fully saturated rings. The summed E-state index contributed by atoms with van der Waals surface area (Å²) in [4.78, 5) is 26.6. The molecule has 0 spiro atoms. The molecule has 5 heteroatoms. The van der Waals surface area contributed by atoms with Gasteiger partial charge in [0.15, 0.2) is 0 Å². The van der Waals surface area contributed by atoms with Crippen LogP contribution in [0.4, 0.5) is 0 Å². The maximum Gasteiger partial charge on any atom is 0.239 e. The van der Waals surface area contributed by atoms with Crippen molar-refractivity contribution in [3.63, 3.8) is 0 Å². The van der Waals surface area contributed by atoms with Crippen molar-refractivity contribution in [2.45, 2.75) is 38.8 Å². The average Bonchev–Trinajstić information content (AvgIpc) is 2.71. The summed E-state index contributed by atoms with van der Waals surface area (Å²) in [6.45, 7) is 6.72. The van der Waals surface area contributed by atoms with E-state index < -0.39 is 0 Å². The van der Waals surface area contributed by atoms with Gasteiger partial charge in [0.2, 0.25) is 11.8 Å². The molecule has 1 aliphatic heterocycles. The molecule has 2 amide bonds. The summed E-state index contributed by atoms with van der Waals surface area (Å²) in [6.07, 6.45) is 1.32. The molecule has 1 heterocycles. The Morgan fingerprint density at radius 1 is 0.929 bits per heavy atom. The van der Waals surface area contributed by atoms with Gasteiger partial charge in [0, 0.05) is 25.2 Å². The van der Waals surface area contributed by atoms with Crippen LogP contribution in [0.3, 0.4) is 0 Å². The molecule has 0 atom stereocenters. The van der Waals surface area contributed by atoms with Gasteiger partial charge in [-0.05, 0) is 37.0 Å². The minimum Gasteiger partial charge on any atom is -0.353 e. The van der Waals surface area contributed by atoms with Crippen LogP contribution in [0.2, 0.25) is 0 Å². The molecule has 0 unspecified atom stereocenters. The summed E-state index contributed by atoms with van der Waals surface area (Å²) < 4.78 is 0. The first kappa shape index (κ1) is 20.1. The van der Waals surface area contributed by atoms with Gasteiger partial charge < -0.3 is 10.6 Å². The van der Waals surface area contributed by atoms with E-state index in [1.807, 2.05) is 30.3 Å². The fraction of sp³-hybridized carbons (Fsp3) is 0.391. The lowest BCUT2D eigenvalue weighted by Gasteiger charge is -2.41. The predicted molar refractivity (Wildman–Crippen MR) is 111 cm³/mol. The third-order valence-electron chi connectivity index (χ3n) is 5.36. The van der Waals surface area contributed by atoms with Gasteiger partial charge in [-0.15, -0.1) is 0 Å². The predicted octanol–water partition coefficient (Wildman–Crippen LogP) is 2.30. The second-order valence-electron chi connectivity index (χ2n) is 7.97. The lowest BCUT2D eigenvalue weighted by Crippen LogP contribution is -2.54. The Labute approximate surface area is 167 Å². The molecular formula is C23H29N3O2. The summed E-state index contributed by atoms with van der Waals surface area (Å²) >= 11 is 0.